The molecule has 1 unspecified atom stereocenters. The van der Waals surface area contributed by atoms with Gasteiger partial charge in [0.2, 0.25) is 0 Å². The van der Waals surface area contributed by atoms with Crippen LogP contribution in [0.5, 0.6) is 0 Å². The van der Waals surface area contributed by atoms with Crippen molar-refractivity contribution >= 4 is 13.6 Å². The summed E-state index contributed by atoms with van der Waals surface area (Å²) in [5.41, 5.74) is 0. The molecule has 0 aliphatic rings. The van der Waals surface area contributed by atoms with Gasteiger partial charge in [0.1, 0.15) is 0 Å². The van der Waals surface area contributed by atoms with E-state index >= 15 is 0 Å². The molecule has 0 aliphatic carbocycles. The first-order valence-corrected chi connectivity index (χ1v) is 4.92. The maximum atomic E-state index is 11.7. The third-order valence-corrected chi connectivity index (χ3v) is 4.18. The van der Waals surface area contributed by atoms with Crippen LogP contribution >= 0.6 is 7.60 Å². The van der Waals surface area contributed by atoms with Gasteiger partial charge in [-0.25, -0.2) is 4.79 Å². The monoisotopic (exact) mass is 212 g/mol. The van der Waals surface area contributed by atoms with Gasteiger partial charge < -0.3 is 18.9 Å². The molecule has 7 heteroatoms. The molecule has 0 aromatic carbocycles. The Labute approximate surface area is 76.3 Å². The number of methoxy groups -OCH3 is 1. The lowest BCUT2D eigenvalue weighted by Crippen LogP contribution is -2.38. The van der Waals surface area contributed by atoms with Gasteiger partial charge in [-0.1, -0.05) is 0 Å². The first kappa shape index (κ1) is 12.6. The lowest BCUT2D eigenvalue weighted by molar-refractivity contribution is -0.152. The molecular formula is C6H13O6P. The van der Waals surface area contributed by atoms with Gasteiger partial charge in [0.05, 0.1) is 0 Å². The van der Waals surface area contributed by atoms with E-state index in [-0.39, 0.29) is 0 Å². The third-order valence-electron chi connectivity index (χ3n) is 1.80. The van der Waals surface area contributed by atoms with Crippen molar-refractivity contribution in [2.24, 2.45) is 0 Å². The molecule has 0 radical (unpaired) electrons. The highest BCUT2D eigenvalue weighted by molar-refractivity contribution is 7.56. The molecule has 1 atom stereocenters. The zero-order chi connectivity index (χ0) is 10.7. The van der Waals surface area contributed by atoms with Gasteiger partial charge in [0.15, 0.2) is 0 Å². The standard InChI is InChI=1S/C6H13O6P/c1-6(10-2,5(7)8)13(9,11-3)12-4/h1-4H3,(H,7,8). The van der Waals surface area contributed by atoms with Gasteiger partial charge in [-0.2, -0.15) is 0 Å². The summed E-state index contributed by atoms with van der Waals surface area (Å²) in [5.74, 6) is -1.40. The van der Waals surface area contributed by atoms with Crippen molar-refractivity contribution in [3.63, 3.8) is 0 Å². The number of ether oxygens (including phenoxy) is 1. The lowest BCUT2D eigenvalue weighted by Gasteiger charge is -2.28. The molecule has 6 nitrogen and oxygen atoms in total. The highest BCUT2D eigenvalue weighted by atomic mass is 31.2. The van der Waals surface area contributed by atoms with Crippen molar-refractivity contribution in [1.82, 2.24) is 0 Å². The van der Waals surface area contributed by atoms with Gasteiger partial charge in [-0.05, 0) is 6.92 Å². The zero-order valence-corrected chi connectivity index (χ0v) is 8.83. The smallest absolute Gasteiger partial charge is 0.373 e. The summed E-state index contributed by atoms with van der Waals surface area (Å²) >= 11 is 0. The van der Waals surface area contributed by atoms with Gasteiger partial charge in [-0.3, -0.25) is 4.57 Å². The second-order valence-corrected chi connectivity index (χ2v) is 4.93. The number of hydrogen-bond acceptors (Lipinski definition) is 5. The molecular weight excluding hydrogens is 199 g/mol. The van der Waals surface area contributed by atoms with E-state index in [0.29, 0.717) is 0 Å². The second-order valence-electron chi connectivity index (χ2n) is 2.35. The van der Waals surface area contributed by atoms with Crippen LogP contribution in [0.15, 0.2) is 0 Å². The molecule has 0 aliphatic heterocycles. The van der Waals surface area contributed by atoms with Gasteiger partial charge in [-0.15, -0.1) is 0 Å². The minimum absolute atomic E-state index is 1.10. The average Bonchev–Trinajstić information content (AvgIpc) is 2.14. The molecule has 0 amide bonds. The minimum atomic E-state index is -3.78. The van der Waals surface area contributed by atoms with E-state index in [1.165, 1.54) is 0 Å². The Bertz CT molecular complexity index is 231. The molecule has 0 rings (SSSR count). The largest absolute Gasteiger partial charge is 0.479 e. The minimum Gasteiger partial charge on any atom is -0.479 e. The summed E-state index contributed by atoms with van der Waals surface area (Å²) in [6.07, 6.45) is 0. The van der Waals surface area contributed by atoms with Crippen LogP contribution in [0.4, 0.5) is 0 Å². The fourth-order valence-electron chi connectivity index (χ4n) is 0.739. The molecule has 0 aromatic heterocycles. The maximum absolute atomic E-state index is 11.7. The Morgan fingerprint density at radius 3 is 1.77 bits per heavy atom. The molecule has 0 aromatic rings. The van der Waals surface area contributed by atoms with E-state index in [4.69, 9.17) is 5.11 Å². The third kappa shape index (κ3) is 1.91. The Morgan fingerprint density at radius 2 is 1.69 bits per heavy atom. The number of aliphatic carboxylic acids is 1. The normalized spacial score (nSPS) is 16.6. The average molecular weight is 212 g/mol. The van der Waals surface area contributed by atoms with E-state index in [1.54, 1.807) is 0 Å². The highest BCUT2D eigenvalue weighted by Crippen LogP contribution is 2.59. The number of carboxylic acids is 1. The predicted octanol–water partition coefficient (Wildman–Crippen LogP) is 0.919. The molecule has 13 heavy (non-hydrogen) atoms. The van der Waals surface area contributed by atoms with Gasteiger partial charge >= 0.3 is 13.6 Å². The number of carboxylic acid groups (broad SMARTS) is 1. The van der Waals surface area contributed by atoms with Crippen LogP contribution < -0.4 is 0 Å². The van der Waals surface area contributed by atoms with Crippen LogP contribution in [-0.2, 0) is 23.1 Å². The van der Waals surface area contributed by atoms with E-state index < -0.39 is 18.9 Å². The first-order valence-electron chi connectivity index (χ1n) is 3.38. The topological polar surface area (TPSA) is 82.1 Å². The Kier molecular flexibility index (Phi) is 4.06. The summed E-state index contributed by atoms with van der Waals surface area (Å²) in [7, 11) is -0.454. The summed E-state index contributed by atoms with van der Waals surface area (Å²) in [5, 5.41) is 6.80. The van der Waals surface area contributed by atoms with Crippen LogP contribution in [0.25, 0.3) is 0 Å². The molecule has 0 heterocycles. The van der Waals surface area contributed by atoms with Crippen LogP contribution in [0.3, 0.4) is 0 Å². The van der Waals surface area contributed by atoms with Crippen LogP contribution in [0.1, 0.15) is 6.92 Å². The van der Waals surface area contributed by atoms with Crippen molar-refractivity contribution in [2.75, 3.05) is 21.3 Å². The van der Waals surface area contributed by atoms with Crippen molar-refractivity contribution < 1.29 is 28.3 Å². The highest BCUT2D eigenvalue weighted by Gasteiger charge is 2.53. The van der Waals surface area contributed by atoms with Crippen LogP contribution in [0, 0.1) is 0 Å². The van der Waals surface area contributed by atoms with E-state index in [1.807, 2.05) is 0 Å². The van der Waals surface area contributed by atoms with Crippen LogP contribution in [-0.4, -0.2) is 37.7 Å². The molecule has 0 saturated carbocycles. The Hall–Kier alpha value is -0.420. The molecule has 0 fully saturated rings. The summed E-state index contributed by atoms with van der Waals surface area (Å²) in [6.45, 7) is 1.13. The zero-order valence-electron chi connectivity index (χ0n) is 7.94. The summed E-state index contributed by atoms with van der Waals surface area (Å²) in [6, 6.07) is 0. The van der Waals surface area contributed by atoms with Crippen LogP contribution in [0.2, 0.25) is 0 Å². The fraction of sp³-hybridized carbons (Fsp3) is 0.833. The van der Waals surface area contributed by atoms with Crippen molar-refractivity contribution in [1.29, 1.82) is 0 Å². The lowest BCUT2D eigenvalue weighted by atomic mass is 10.4. The predicted molar refractivity (Wildman–Crippen MR) is 44.7 cm³/mol. The Balaban J connectivity index is 5.16. The van der Waals surface area contributed by atoms with E-state index in [9.17, 15) is 9.36 Å². The number of carbonyl (C=O) groups is 1. The van der Waals surface area contributed by atoms with E-state index in [2.05, 4.69) is 13.8 Å². The first-order chi connectivity index (χ1) is 5.88. The molecule has 0 bridgehead atoms. The molecule has 1 N–H and O–H groups in total. The summed E-state index contributed by atoms with van der Waals surface area (Å²) in [4.78, 5) is 10.8. The number of rotatable bonds is 5. The fourth-order valence-corrected chi connectivity index (χ4v) is 2.04. The van der Waals surface area contributed by atoms with Crippen molar-refractivity contribution in [3.8, 4) is 0 Å². The Morgan fingerprint density at radius 1 is 1.31 bits per heavy atom. The van der Waals surface area contributed by atoms with Crippen molar-refractivity contribution in [2.45, 2.75) is 12.3 Å². The van der Waals surface area contributed by atoms with Gasteiger partial charge in [0.25, 0.3) is 5.34 Å². The molecule has 78 valence electrons. The van der Waals surface area contributed by atoms with Crippen molar-refractivity contribution in [3.05, 3.63) is 0 Å². The van der Waals surface area contributed by atoms with E-state index in [0.717, 1.165) is 28.3 Å². The molecule has 0 spiro atoms. The number of hydrogen-bond donors (Lipinski definition) is 1. The second kappa shape index (κ2) is 4.19. The maximum Gasteiger partial charge on any atom is 0.373 e. The van der Waals surface area contributed by atoms with Gasteiger partial charge in [0, 0.05) is 21.3 Å². The summed E-state index contributed by atoms with van der Waals surface area (Å²) < 4.78 is 25.4. The quantitative estimate of drug-likeness (QED) is 0.682. The molecule has 0 saturated heterocycles. The SMILES string of the molecule is COC(C)(C(=O)O)P(=O)(OC)OC.